The minimum absolute atomic E-state index is 0.106. The highest BCUT2D eigenvalue weighted by atomic mass is 16.5. The van der Waals surface area contributed by atoms with Gasteiger partial charge >= 0.3 is 5.97 Å². The monoisotopic (exact) mass is 349 g/mol. The van der Waals surface area contributed by atoms with Crippen LogP contribution in [0.4, 0.5) is 0 Å². The highest BCUT2D eigenvalue weighted by Crippen LogP contribution is 2.32. The number of hydrogen-bond acceptors (Lipinski definition) is 4. The molecule has 1 unspecified atom stereocenters. The normalized spacial score (nSPS) is 20.1. The Hall–Kier alpha value is -2.08. The summed E-state index contributed by atoms with van der Waals surface area (Å²) in [7, 11) is 1.48. The molecule has 1 fully saturated rings. The van der Waals surface area contributed by atoms with E-state index >= 15 is 0 Å². The first-order valence-corrected chi connectivity index (χ1v) is 8.62. The molecule has 6 nitrogen and oxygen atoms in total. The number of ether oxygens (including phenoxy) is 2. The second-order valence-corrected chi connectivity index (χ2v) is 7.05. The second kappa shape index (κ2) is 8.34. The lowest BCUT2D eigenvalue weighted by atomic mass is 9.88. The summed E-state index contributed by atoms with van der Waals surface area (Å²) < 4.78 is 10.7. The van der Waals surface area contributed by atoms with Gasteiger partial charge in [0.15, 0.2) is 0 Å². The number of carboxylic acids is 1. The van der Waals surface area contributed by atoms with Crippen LogP contribution in [0.5, 0.6) is 5.75 Å². The van der Waals surface area contributed by atoms with E-state index in [9.17, 15) is 14.7 Å². The van der Waals surface area contributed by atoms with Crippen molar-refractivity contribution in [2.75, 3.05) is 33.4 Å². The molecule has 1 saturated heterocycles. The van der Waals surface area contributed by atoms with Crippen LogP contribution < -0.4 is 4.74 Å². The number of carbonyl (C=O) groups excluding carboxylic acids is 1. The molecule has 0 spiro atoms. The van der Waals surface area contributed by atoms with Crippen LogP contribution >= 0.6 is 0 Å². The van der Waals surface area contributed by atoms with Gasteiger partial charge in [-0.15, -0.1) is 0 Å². The molecule has 0 bridgehead atoms. The molecule has 0 aliphatic carbocycles. The number of aliphatic carboxylic acids is 1. The summed E-state index contributed by atoms with van der Waals surface area (Å²) in [6.45, 7) is 5.62. The summed E-state index contributed by atoms with van der Waals surface area (Å²) in [6.07, 6.45) is 1.38. The average Bonchev–Trinajstić information content (AvgIpc) is 3.00. The van der Waals surface area contributed by atoms with E-state index in [2.05, 4.69) is 13.8 Å². The van der Waals surface area contributed by atoms with Gasteiger partial charge in [0.1, 0.15) is 11.2 Å². The smallest absolute Gasteiger partial charge is 0.313 e. The molecule has 1 amide bonds. The number of likely N-dealkylation sites (tertiary alicyclic amines) is 1. The summed E-state index contributed by atoms with van der Waals surface area (Å²) in [5, 5.41) is 9.49. The summed E-state index contributed by atoms with van der Waals surface area (Å²) in [5.74, 6) is 0.238. The van der Waals surface area contributed by atoms with Gasteiger partial charge in [-0.3, -0.25) is 9.59 Å². The maximum absolute atomic E-state index is 12.6. The Labute approximate surface area is 148 Å². The van der Waals surface area contributed by atoms with Crippen LogP contribution in [0.15, 0.2) is 24.3 Å². The van der Waals surface area contributed by atoms with Gasteiger partial charge in [-0.25, -0.2) is 0 Å². The topological polar surface area (TPSA) is 76.1 Å². The molecule has 1 aliphatic rings. The Kier molecular flexibility index (Phi) is 6.42. The standard InChI is InChI=1S/C19H27NO5/c1-14(2)8-11-25-16-6-4-15(5-7-16)17(21)20-10-9-19(12-20,13-24-3)18(22)23/h4-7,14H,8-13H2,1-3H3,(H,22,23). The summed E-state index contributed by atoms with van der Waals surface area (Å²) in [4.78, 5) is 25.8. The van der Waals surface area contributed by atoms with E-state index in [1.54, 1.807) is 29.2 Å². The van der Waals surface area contributed by atoms with E-state index in [-0.39, 0.29) is 19.1 Å². The van der Waals surface area contributed by atoms with Crippen LogP contribution in [-0.2, 0) is 9.53 Å². The number of carboxylic acid groups (broad SMARTS) is 1. The van der Waals surface area contributed by atoms with E-state index in [4.69, 9.17) is 9.47 Å². The van der Waals surface area contributed by atoms with Crippen molar-refractivity contribution in [2.45, 2.75) is 26.7 Å². The van der Waals surface area contributed by atoms with Gasteiger partial charge in [0.2, 0.25) is 0 Å². The van der Waals surface area contributed by atoms with Crippen molar-refractivity contribution in [3.63, 3.8) is 0 Å². The van der Waals surface area contributed by atoms with Gasteiger partial charge in [0.25, 0.3) is 5.91 Å². The number of nitrogens with zero attached hydrogens (tertiary/aromatic N) is 1. The van der Waals surface area contributed by atoms with E-state index in [1.165, 1.54) is 7.11 Å². The molecule has 25 heavy (non-hydrogen) atoms. The molecular formula is C19H27NO5. The van der Waals surface area contributed by atoms with Crippen LogP contribution in [0.25, 0.3) is 0 Å². The van der Waals surface area contributed by atoms with Gasteiger partial charge in [-0.1, -0.05) is 13.8 Å². The van der Waals surface area contributed by atoms with E-state index in [0.717, 1.165) is 12.2 Å². The van der Waals surface area contributed by atoms with Crippen LogP contribution in [0.3, 0.4) is 0 Å². The molecule has 2 rings (SSSR count). The van der Waals surface area contributed by atoms with Crippen molar-refractivity contribution < 1.29 is 24.2 Å². The molecule has 1 N–H and O–H groups in total. The van der Waals surface area contributed by atoms with Gasteiger partial charge in [0.05, 0.1) is 13.2 Å². The van der Waals surface area contributed by atoms with Crippen molar-refractivity contribution in [3.8, 4) is 5.75 Å². The minimum Gasteiger partial charge on any atom is -0.494 e. The second-order valence-electron chi connectivity index (χ2n) is 7.05. The third kappa shape index (κ3) is 4.72. The molecule has 1 atom stereocenters. The van der Waals surface area contributed by atoms with Crippen LogP contribution in [0, 0.1) is 11.3 Å². The fourth-order valence-corrected chi connectivity index (χ4v) is 2.96. The quantitative estimate of drug-likeness (QED) is 0.781. The lowest BCUT2D eigenvalue weighted by molar-refractivity contribution is -0.151. The predicted octanol–water partition coefficient (Wildman–Crippen LogP) is 2.67. The molecular weight excluding hydrogens is 322 g/mol. The number of benzene rings is 1. The number of amides is 1. The van der Waals surface area contributed by atoms with E-state index in [1.807, 2.05) is 0 Å². The Morgan fingerprint density at radius 3 is 2.52 bits per heavy atom. The summed E-state index contributed by atoms with van der Waals surface area (Å²) >= 11 is 0. The van der Waals surface area contributed by atoms with Crippen molar-refractivity contribution in [2.24, 2.45) is 11.3 Å². The molecule has 1 aromatic rings. The molecule has 1 heterocycles. The lowest BCUT2D eigenvalue weighted by Crippen LogP contribution is -2.40. The van der Waals surface area contributed by atoms with Crippen LogP contribution in [0.2, 0.25) is 0 Å². The van der Waals surface area contributed by atoms with Gasteiger partial charge in [0, 0.05) is 25.8 Å². The minimum atomic E-state index is -1.01. The van der Waals surface area contributed by atoms with Crippen molar-refractivity contribution >= 4 is 11.9 Å². The molecule has 6 heteroatoms. The number of rotatable bonds is 8. The summed E-state index contributed by atoms with van der Waals surface area (Å²) in [5.41, 5.74) is -0.473. The SMILES string of the molecule is COCC1(C(=O)O)CCN(C(=O)c2ccc(OCCC(C)C)cc2)C1. The Balaban J connectivity index is 1.98. The molecule has 138 valence electrons. The van der Waals surface area contributed by atoms with Gasteiger partial charge in [-0.2, -0.15) is 0 Å². The zero-order chi connectivity index (χ0) is 18.4. The largest absolute Gasteiger partial charge is 0.494 e. The first-order chi connectivity index (χ1) is 11.9. The predicted molar refractivity (Wildman–Crippen MR) is 93.9 cm³/mol. The Morgan fingerprint density at radius 2 is 1.96 bits per heavy atom. The van der Waals surface area contributed by atoms with Gasteiger partial charge < -0.3 is 19.5 Å². The van der Waals surface area contributed by atoms with E-state index < -0.39 is 11.4 Å². The van der Waals surface area contributed by atoms with Crippen molar-refractivity contribution in [1.29, 1.82) is 0 Å². The number of methoxy groups -OCH3 is 1. The van der Waals surface area contributed by atoms with Crippen molar-refractivity contribution in [1.82, 2.24) is 4.90 Å². The molecule has 0 radical (unpaired) electrons. The first-order valence-electron chi connectivity index (χ1n) is 8.62. The maximum atomic E-state index is 12.6. The van der Waals surface area contributed by atoms with Crippen LogP contribution in [0.1, 0.15) is 37.0 Å². The molecule has 1 aliphatic heterocycles. The molecule has 1 aromatic carbocycles. The van der Waals surface area contributed by atoms with Crippen LogP contribution in [-0.4, -0.2) is 55.3 Å². The molecule has 0 saturated carbocycles. The zero-order valence-electron chi connectivity index (χ0n) is 15.2. The number of hydrogen-bond donors (Lipinski definition) is 1. The first kappa shape index (κ1) is 19.2. The van der Waals surface area contributed by atoms with Crippen molar-refractivity contribution in [3.05, 3.63) is 29.8 Å². The highest BCUT2D eigenvalue weighted by Gasteiger charge is 2.46. The Morgan fingerprint density at radius 1 is 1.28 bits per heavy atom. The lowest BCUT2D eigenvalue weighted by Gasteiger charge is -2.23. The fourth-order valence-electron chi connectivity index (χ4n) is 2.96. The Bertz CT molecular complexity index is 598. The highest BCUT2D eigenvalue weighted by molar-refractivity contribution is 5.95. The molecule has 0 aromatic heterocycles. The average molecular weight is 349 g/mol. The zero-order valence-corrected chi connectivity index (χ0v) is 15.2. The maximum Gasteiger partial charge on any atom is 0.313 e. The fraction of sp³-hybridized carbons (Fsp3) is 0.579. The van der Waals surface area contributed by atoms with E-state index in [0.29, 0.717) is 31.1 Å². The number of carbonyl (C=O) groups is 2. The third-order valence-corrected chi connectivity index (χ3v) is 4.58. The van der Waals surface area contributed by atoms with Gasteiger partial charge in [-0.05, 0) is 43.0 Å². The third-order valence-electron chi connectivity index (χ3n) is 4.58. The summed E-state index contributed by atoms with van der Waals surface area (Å²) in [6, 6.07) is 7.01.